The fourth-order valence-electron chi connectivity index (χ4n) is 2.94. The summed E-state index contributed by atoms with van der Waals surface area (Å²) in [6.07, 6.45) is -0.0361. The van der Waals surface area contributed by atoms with Crippen LogP contribution in [0.5, 0.6) is 5.75 Å². The molecule has 0 spiro atoms. The SMILES string of the molecule is COC1(OC)c2ccccc2OC(c2ccccc2)[CH]1[Tl].O=[N+]([O-])O.O=[N+]([O-])O. The van der Waals surface area contributed by atoms with Gasteiger partial charge in [0.15, 0.2) is 0 Å². The molecule has 0 saturated heterocycles. The monoisotopic (exact) mass is 600 g/mol. The third kappa shape index (κ3) is 6.50. The summed E-state index contributed by atoms with van der Waals surface area (Å²) in [5.74, 6) is 0.118. The molecule has 0 aromatic heterocycles. The van der Waals surface area contributed by atoms with Crippen molar-refractivity contribution >= 4 is 25.8 Å². The summed E-state index contributed by atoms with van der Waals surface area (Å²) >= 11 is 0.647. The van der Waals surface area contributed by atoms with E-state index in [1.165, 1.54) is 0 Å². The molecule has 29 heavy (non-hydrogen) atoms. The predicted octanol–water partition coefficient (Wildman–Crippen LogP) is 2.53. The van der Waals surface area contributed by atoms with Crippen molar-refractivity contribution in [3.8, 4) is 5.75 Å². The molecule has 0 bridgehead atoms. The summed E-state index contributed by atoms with van der Waals surface area (Å²) in [5, 5.41) is 27.3. The van der Waals surface area contributed by atoms with Gasteiger partial charge in [-0.15, -0.1) is 20.2 Å². The number of ether oxygens (including phenoxy) is 3. The first kappa shape index (κ1) is 24.5. The summed E-state index contributed by atoms with van der Waals surface area (Å²) in [6, 6.07) is 18.3. The van der Waals surface area contributed by atoms with Crippen LogP contribution in [-0.4, -0.2) is 60.6 Å². The molecule has 2 unspecified atom stereocenters. The maximum absolute atomic E-state index is 8.36. The van der Waals surface area contributed by atoms with E-state index < -0.39 is 16.0 Å². The molecule has 11 nitrogen and oxygen atoms in total. The van der Waals surface area contributed by atoms with E-state index in [-0.39, 0.29) is 9.58 Å². The van der Waals surface area contributed by atoms with Gasteiger partial charge in [0.05, 0.1) is 0 Å². The molecule has 3 rings (SSSR count). The zero-order chi connectivity index (χ0) is 22.0. The fraction of sp³-hybridized carbons (Fsp3) is 0.294. The molecule has 2 aromatic carbocycles. The molecule has 0 radical (unpaired) electrons. The zero-order valence-corrected chi connectivity index (χ0v) is 20.1. The van der Waals surface area contributed by atoms with Crippen LogP contribution < -0.4 is 4.74 Å². The minimum absolute atomic E-state index is 0.0361. The molecule has 0 aliphatic carbocycles. The topological polar surface area (TPSA) is 154 Å². The minimum atomic E-state index is -1.50. The fourth-order valence-corrected chi connectivity index (χ4v) is 5.87. The molecule has 0 fully saturated rings. The van der Waals surface area contributed by atoms with Crippen molar-refractivity contribution in [2.24, 2.45) is 0 Å². The van der Waals surface area contributed by atoms with Gasteiger partial charge in [-0.2, -0.15) is 0 Å². The van der Waals surface area contributed by atoms with Gasteiger partial charge in [0.2, 0.25) is 0 Å². The number of para-hydroxylation sites is 1. The Labute approximate surface area is 181 Å². The summed E-state index contributed by atoms with van der Waals surface area (Å²) in [4.78, 5) is 16.7. The smallest absolute Gasteiger partial charge is 0.291 e. The molecule has 12 heteroatoms. The molecule has 2 atom stereocenters. The molecule has 1 aliphatic rings. The zero-order valence-electron chi connectivity index (χ0n) is 15.6. The number of benzene rings is 2. The molecule has 154 valence electrons. The van der Waals surface area contributed by atoms with Crippen molar-refractivity contribution < 1.29 is 34.8 Å². The number of hydrogen-bond acceptors (Lipinski definition) is 7. The van der Waals surface area contributed by atoms with Crippen molar-refractivity contribution in [3.05, 3.63) is 86.0 Å². The van der Waals surface area contributed by atoms with E-state index in [2.05, 4.69) is 12.1 Å². The van der Waals surface area contributed by atoms with Gasteiger partial charge >= 0.3 is 141 Å². The van der Waals surface area contributed by atoms with E-state index in [4.69, 9.17) is 44.9 Å². The van der Waals surface area contributed by atoms with Gasteiger partial charge < -0.3 is 10.4 Å². The van der Waals surface area contributed by atoms with Crippen LogP contribution >= 0.6 is 0 Å². The third-order valence-corrected chi connectivity index (χ3v) is 7.08. The van der Waals surface area contributed by atoms with Crippen molar-refractivity contribution in [1.82, 2.24) is 0 Å². The van der Waals surface area contributed by atoms with Crippen molar-refractivity contribution in [3.63, 3.8) is 0 Å². The minimum Gasteiger partial charge on any atom is -0.328 e. The van der Waals surface area contributed by atoms with Crippen molar-refractivity contribution in [2.45, 2.75) is 15.4 Å². The van der Waals surface area contributed by atoms with Crippen LogP contribution in [0.3, 0.4) is 0 Å². The van der Waals surface area contributed by atoms with E-state index >= 15 is 0 Å². The standard InChI is InChI=1S/C17H17O3.2HNO3.Tl/c1-18-17(19-2)12-16(13-8-4-3-5-9-13)20-15-11-7-6-10-14(15)17;2*2-1(3)4;/h3-12,16H,1-2H3;2*(H,2,3,4);. The molecule has 0 saturated carbocycles. The van der Waals surface area contributed by atoms with Crippen LogP contribution in [-0.2, 0) is 15.3 Å². The van der Waals surface area contributed by atoms with E-state index in [1.807, 2.05) is 42.5 Å². The van der Waals surface area contributed by atoms with Crippen LogP contribution in [0.25, 0.3) is 0 Å². The van der Waals surface area contributed by atoms with E-state index in [0.717, 1.165) is 16.9 Å². The molecule has 0 amide bonds. The first-order chi connectivity index (χ1) is 13.7. The van der Waals surface area contributed by atoms with Gasteiger partial charge in [-0.3, -0.25) is 0 Å². The second-order valence-corrected chi connectivity index (χ2v) is 8.31. The Morgan fingerprint density at radius 1 is 0.966 bits per heavy atom. The Morgan fingerprint density at radius 2 is 1.41 bits per heavy atom. The quantitative estimate of drug-likeness (QED) is 0.234. The van der Waals surface area contributed by atoms with Crippen molar-refractivity contribution in [1.29, 1.82) is 0 Å². The first-order valence-corrected chi connectivity index (χ1v) is 10.6. The van der Waals surface area contributed by atoms with Crippen LogP contribution in [0.1, 0.15) is 17.2 Å². The summed E-state index contributed by atoms with van der Waals surface area (Å²) in [7, 11) is 3.42. The number of methoxy groups -OCH3 is 2. The van der Waals surface area contributed by atoms with E-state index in [0.29, 0.717) is 25.8 Å². The maximum atomic E-state index is 8.36. The number of hydrogen-bond donors (Lipinski definition) is 2. The average molecular weight is 600 g/mol. The molecule has 1 heterocycles. The molecule has 1 aliphatic heterocycles. The second-order valence-electron chi connectivity index (χ2n) is 5.52. The van der Waals surface area contributed by atoms with Gasteiger partial charge in [0.1, 0.15) is 0 Å². The van der Waals surface area contributed by atoms with Gasteiger partial charge in [-0.1, -0.05) is 0 Å². The predicted molar refractivity (Wildman–Crippen MR) is 99.0 cm³/mol. The Bertz CT molecular complexity index is 783. The summed E-state index contributed by atoms with van der Waals surface area (Å²) in [6.45, 7) is 0. The largest absolute Gasteiger partial charge is 0.328 e. The van der Waals surface area contributed by atoms with Crippen LogP contribution in [0.4, 0.5) is 0 Å². The summed E-state index contributed by atoms with van der Waals surface area (Å²) < 4.78 is 18.2. The molecule has 2 N–H and O–H groups in total. The Kier molecular flexibility index (Phi) is 9.70. The molecular weight excluding hydrogens is 581 g/mol. The molecular formula is C17H19N2O9Tl. The van der Waals surface area contributed by atoms with Gasteiger partial charge in [0, 0.05) is 0 Å². The normalized spacial score (nSPS) is 18.4. The van der Waals surface area contributed by atoms with E-state index in [1.54, 1.807) is 14.2 Å². The maximum Gasteiger partial charge on any atom is 0.291 e. The number of nitrogens with zero attached hydrogens (tertiary/aromatic N) is 2. The van der Waals surface area contributed by atoms with Gasteiger partial charge in [-0.05, 0) is 0 Å². The van der Waals surface area contributed by atoms with Crippen molar-refractivity contribution in [2.75, 3.05) is 14.2 Å². The van der Waals surface area contributed by atoms with Crippen LogP contribution in [0.15, 0.2) is 54.6 Å². The van der Waals surface area contributed by atoms with Crippen LogP contribution in [0.2, 0.25) is 3.48 Å². The Morgan fingerprint density at radius 3 is 1.90 bits per heavy atom. The Balaban J connectivity index is 0.000000452. The van der Waals surface area contributed by atoms with E-state index in [9.17, 15) is 0 Å². The Hall–Kier alpha value is -2.52. The number of fused-ring (bicyclic) bond motifs is 1. The third-order valence-electron chi connectivity index (χ3n) is 4.02. The number of rotatable bonds is 3. The molecule has 2 aromatic rings. The first-order valence-electron chi connectivity index (χ1n) is 8.03. The second kappa shape index (κ2) is 11.5. The van der Waals surface area contributed by atoms with Crippen LogP contribution in [0, 0.1) is 20.2 Å². The summed E-state index contributed by atoms with van der Waals surface area (Å²) in [5.41, 5.74) is 2.15. The van der Waals surface area contributed by atoms with Gasteiger partial charge in [0.25, 0.3) is 10.2 Å². The average Bonchev–Trinajstić information content (AvgIpc) is 2.68. The van der Waals surface area contributed by atoms with Gasteiger partial charge in [-0.25, -0.2) is 0 Å².